The molecule has 1 fully saturated rings. The van der Waals surface area contributed by atoms with Crippen LogP contribution in [0.3, 0.4) is 0 Å². The van der Waals surface area contributed by atoms with Gasteiger partial charge in [-0.3, -0.25) is 24.1 Å². The Kier molecular flexibility index (Phi) is 6.96. The molecule has 4 amide bonds. The predicted octanol–water partition coefficient (Wildman–Crippen LogP) is 1.70. The number of benzene rings is 1. The molecule has 150 valence electrons. The molecular formula is C19H22ClN3O4S. The first-order valence-electron chi connectivity index (χ1n) is 9.23. The fraction of sp³-hybridized carbons (Fsp3) is 0.474. The van der Waals surface area contributed by atoms with Gasteiger partial charge in [-0.1, -0.05) is 24.1 Å². The largest absolute Gasteiger partial charge is 0.355 e. The van der Waals surface area contributed by atoms with E-state index in [-0.39, 0.29) is 52.6 Å². The number of halogens is 1. The monoisotopic (exact) mass is 423 g/mol. The smallest absolute Gasteiger partial charge is 0.263 e. The van der Waals surface area contributed by atoms with E-state index in [1.54, 1.807) is 18.2 Å². The summed E-state index contributed by atoms with van der Waals surface area (Å²) in [7, 11) is 0. The van der Waals surface area contributed by atoms with Gasteiger partial charge in [0.15, 0.2) is 0 Å². The highest BCUT2D eigenvalue weighted by Crippen LogP contribution is 2.28. The zero-order valence-electron chi connectivity index (χ0n) is 15.3. The third-order valence-corrected chi connectivity index (χ3v) is 6.13. The van der Waals surface area contributed by atoms with Gasteiger partial charge in [0, 0.05) is 19.6 Å². The first-order valence-corrected chi connectivity index (χ1v) is 10.8. The third-order valence-electron chi connectivity index (χ3n) is 4.88. The lowest BCUT2D eigenvalue weighted by Gasteiger charge is -2.25. The molecule has 0 aromatic heterocycles. The molecule has 0 unspecified atom stereocenters. The highest BCUT2D eigenvalue weighted by Gasteiger charge is 2.36. The number of hydrogen-bond acceptors (Lipinski definition) is 5. The Morgan fingerprint density at radius 2 is 1.82 bits per heavy atom. The molecule has 1 aliphatic heterocycles. The predicted molar refractivity (Wildman–Crippen MR) is 108 cm³/mol. The van der Waals surface area contributed by atoms with Crippen molar-refractivity contribution in [1.29, 1.82) is 0 Å². The minimum absolute atomic E-state index is 0.0624. The van der Waals surface area contributed by atoms with Gasteiger partial charge in [-0.2, -0.15) is 0 Å². The van der Waals surface area contributed by atoms with E-state index in [1.807, 2.05) is 0 Å². The maximum Gasteiger partial charge on any atom is 0.263 e. The number of imide groups is 1. The van der Waals surface area contributed by atoms with Gasteiger partial charge < -0.3 is 10.6 Å². The summed E-state index contributed by atoms with van der Waals surface area (Å²) in [5.74, 6) is -0.179. The molecule has 1 aliphatic carbocycles. The quantitative estimate of drug-likeness (QED) is 0.589. The molecule has 0 saturated heterocycles. The van der Waals surface area contributed by atoms with Gasteiger partial charge in [-0.25, -0.2) is 0 Å². The van der Waals surface area contributed by atoms with Crippen molar-refractivity contribution in [2.75, 3.05) is 31.1 Å². The number of thioether (sulfide) groups is 1. The summed E-state index contributed by atoms with van der Waals surface area (Å²) in [6.45, 7) is 0.938. The number of fused-ring (bicyclic) bond motifs is 1. The van der Waals surface area contributed by atoms with E-state index in [0.29, 0.717) is 5.92 Å². The second kappa shape index (κ2) is 9.43. The van der Waals surface area contributed by atoms with Crippen LogP contribution < -0.4 is 10.6 Å². The third kappa shape index (κ3) is 4.86. The number of carbonyl (C=O) groups excluding carboxylic acids is 4. The van der Waals surface area contributed by atoms with Crippen molar-refractivity contribution in [2.24, 2.45) is 5.92 Å². The van der Waals surface area contributed by atoms with Crippen LogP contribution in [0.4, 0.5) is 0 Å². The van der Waals surface area contributed by atoms with Gasteiger partial charge in [-0.15, -0.1) is 11.8 Å². The minimum Gasteiger partial charge on any atom is -0.355 e. The normalized spacial score (nSPS) is 16.0. The molecule has 28 heavy (non-hydrogen) atoms. The number of nitrogens with zero attached hydrogens (tertiary/aromatic N) is 1. The van der Waals surface area contributed by atoms with Gasteiger partial charge in [-0.05, 0) is 30.9 Å². The first-order chi connectivity index (χ1) is 13.5. The van der Waals surface area contributed by atoms with Gasteiger partial charge in [0.25, 0.3) is 11.8 Å². The molecule has 0 atom stereocenters. The number of rotatable bonds is 9. The number of amides is 4. The number of hydrogen-bond donors (Lipinski definition) is 2. The van der Waals surface area contributed by atoms with Crippen LogP contribution in [0.15, 0.2) is 18.2 Å². The summed E-state index contributed by atoms with van der Waals surface area (Å²) in [6.07, 6.45) is 3.59. The molecule has 2 aliphatic rings. The molecule has 9 heteroatoms. The van der Waals surface area contributed by atoms with E-state index in [2.05, 4.69) is 10.6 Å². The zero-order valence-corrected chi connectivity index (χ0v) is 16.9. The summed E-state index contributed by atoms with van der Waals surface area (Å²) in [5.41, 5.74) is 0.497. The van der Waals surface area contributed by atoms with Crippen molar-refractivity contribution < 1.29 is 19.2 Å². The second-order valence-corrected chi connectivity index (χ2v) is 8.26. The summed E-state index contributed by atoms with van der Waals surface area (Å²) in [4.78, 5) is 49.3. The van der Waals surface area contributed by atoms with Gasteiger partial charge in [0.05, 0.1) is 27.7 Å². The van der Waals surface area contributed by atoms with E-state index in [9.17, 15) is 19.2 Å². The van der Waals surface area contributed by atoms with E-state index < -0.39 is 11.8 Å². The van der Waals surface area contributed by atoms with Crippen molar-refractivity contribution in [3.05, 3.63) is 34.3 Å². The van der Waals surface area contributed by atoms with E-state index in [0.717, 1.165) is 11.4 Å². The molecule has 1 aromatic carbocycles. The molecule has 7 nitrogen and oxygen atoms in total. The van der Waals surface area contributed by atoms with Crippen LogP contribution in [-0.2, 0) is 9.59 Å². The Labute approximate surface area is 172 Å². The topological polar surface area (TPSA) is 95.6 Å². The van der Waals surface area contributed by atoms with E-state index >= 15 is 0 Å². The average molecular weight is 424 g/mol. The summed E-state index contributed by atoms with van der Waals surface area (Å²) >= 11 is 7.24. The van der Waals surface area contributed by atoms with Crippen LogP contribution in [0.1, 0.15) is 40.0 Å². The van der Waals surface area contributed by atoms with Crippen LogP contribution in [0, 0.1) is 5.92 Å². The summed E-state index contributed by atoms with van der Waals surface area (Å²) in [5, 5.41) is 5.79. The molecule has 1 aromatic rings. The molecule has 2 N–H and O–H groups in total. The molecular weight excluding hydrogens is 402 g/mol. The van der Waals surface area contributed by atoms with Crippen molar-refractivity contribution in [3.8, 4) is 0 Å². The van der Waals surface area contributed by atoms with Crippen molar-refractivity contribution >= 4 is 47.0 Å². The average Bonchev–Trinajstić information content (AvgIpc) is 2.86. The Hall–Kier alpha value is -2.06. The molecule has 0 spiro atoms. The van der Waals surface area contributed by atoms with Crippen LogP contribution in [-0.4, -0.2) is 59.7 Å². The highest BCUT2D eigenvalue weighted by molar-refractivity contribution is 8.00. The van der Waals surface area contributed by atoms with Crippen LogP contribution in [0.25, 0.3) is 0 Å². The molecule has 0 bridgehead atoms. The summed E-state index contributed by atoms with van der Waals surface area (Å²) in [6, 6.07) is 4.75. The lowest BCUT2D eigenvalue weighted by molar-refractivity contribution is -0.119. The highest BCUT2D eigenvalue weighted by atomic mass is 35.5. The number of nitrogens with one attached hydrogen (secondary N) is 2. The van der Waals surface area contributed by atoms with E-state index in [1.165, 1.54) is 31.0 Å². The van der Waals surface area contributed by atoms with Crippen molar-refractivity contribution in [2.45, 2.75) is 19.3 Å². The molecule has 0 radical (unpaired) electrons. The van der Waals surface area contributed by atoms with Crippen LogP contribution >= 0.6 is 23.4 Å². The fourth-order valence-electron chi connectivity index (χ4n) is 3.10. The maximum atomic E-state index is 12.3. The Morgan fingerprint density at radius 1 is 1.11 bits per heavy atom. The van der Waals surface area contributed by atoms with Crippen molar-refractivity contribution in [1.82, 2.24) is 15.5 Å². The maximum absolute atomic E-state index is 12.3. The molecule has 1 heterocycles. The Bertz CT molecular complexity index is 797. The van der Waals surface area contributed by atoms with E-state index in [4.69, 9.17) is 11.6 Å². The zero-order chi connectivity index (χ0) is 20.1. The van der Waals surface area contributed by atoms with Crippen LogP contribution in [0.5, 0.6) is 0 Å². The Balaban J connectivity index is 1.33. The van der Waals surface area contributed by atoms with Crippen LogP contribution in [0.2, 0.25) is 5.02 Å². The van der Waals surface area contributed by atoms with Gasteiger partial charge >= 0.3 is 0 Å². The van der Waals surface area contributed by atoms with Crippen molar-refractivity contribution in [3.63, 3.8) is 0 Å². The van der Waals surface area contributed by atoms with Gasteiger partial charge in [0.1, 0.15) is 0 Å². The second-order valence-electron chi connectivity index (χ2n) is 6.87. The Morgan fingerprint density at radius 3 is 2.46 bits per heavy atom. The minimum atomic E-state index is -0.447. The standard InChI is InChI=1S/C19H22ClN3O4S/c20-14-6-2-5-13-17(14)19(27)23(18(13)26)8-7-21-15(24)10-28-11-16(25)22-9-12-3-1-4-12/h2,5-6,12H,1,3-4,7-11H2,(H,21,24)(H,22,25). The van der Waals surface area contributed by atoms with Gasteiger partial charge in [0.2, 0.25) is 11.8 Å². The molecule has 3 rings (SSSR count). The number of carbonyl (C=O) groups is 4. The lowest BCUT2D eigenvalue weighted by Crippen LogP contribution is -2.38. The first kappa shape index (κ1) is 20.7. The fourth-order valence-corrected chi connectivity index (χ4v) is 4.03. The lowest BCUT2D eigenvalue weighted by atomic mass is 9.85. The SMILES string of the molecule is O=C(CSCC(=O)NCC1CCC1)NCCN1C(=O)c2cccc(Cl)c2C1=O. The summed E-state index contributed by atoms with van der Waals surface area (Å²) < 4.78 is 0. The molecule has 1 saturated carbocycles.